The zero-order valence-electron chi connectivity index (χ0n) is 14.0. The van der Waals surface area contributed by atoms with Crippen molar-refractivity contribution in [1.82, 2.24) is 15.1 Å². The van der Waals surface area contributed by atoms with Crippen LogP contribution in [0.3, 0.4) is 0 Å². The number of likely N-dealkylation sites (tertiary alicyclic amines) is 2. The van der Waals surface area contributed by atoms with Gasteiger partial charge in [-0.1, -0.05) is 12.1 Å². The minimum absolute atomic E-state index is 0.0432. The van der Waals surface area contributed by atoms with Crippen molar-refractivity contribution in [1.29, 1.82) is 0 Å². The van der Waals surface area contributed by atoms with Gasteiger partial charge in [-0.15, -0.1) is 0 Å². The molecule has 5 heteroatoms. The standard InChI is InChI=1S/C18H26FN3O/c1-14(23)20-17-11-18(7-9-21(2)10-8-18)22(13-17)12-15-3-5-16(19)6-4-15/h3-6,17H,7-13H2,1-2H3,(H,20,23)/t17-/m1/s1. The molecule has 0 bridgehead atoms. The summed E-state index contributed by atoms with van der Waals surface area (Å²) in [5.74, 6) is -0.151. The summed E-state index contributed by atoms with van der Waals surface area (Å²) < 4.78 is 13.1. The number of carbonyl (C=O) groups is 1. The molecular formula is C18H26FN3O. The number of piperidine rings is 1. The second-order valence-electron chi connectivity index (χ2n) is 7.14. The highest BCUT2D eigenvalue weighted by Crippen LogP contribution is 2.39. The van der Waals surface area contributed by atoms with Gasteiger partial charge in [-0.25, -0.2) is 4.39 Å². The van der Waals surface area contributed by atoms with E-state index >= 15 is 0 Å². The molecule has 1 aromatic carbocycles. The summed E-state index contributed by atoms with van der Waals surface area (Å²) >= 11 is 0. The Labute approximate surface area is 137 Å². The van der Waals surface area contributed by atoms with E-state index in [1.54, 1.807) is 6.92 Å². The monoisotopic (exact) mass is 319 g/mol. The van der Waals surface area contributed by atoms with Gasteiger partial charge in [-0.2, -0.15) is 0 Å². The van der Waals surface area contributed by atoms with Crippen molar-refractivity contribution in [2.75, 3.05) is 26.7 Å². The molecule has 1 N–H and O–H groups in total. The fourth-order valence-corrected chi connectivity index (χ4v) is 4.09. The first kappa shape index (κ1) is 16.4. The molecule has 1 aromatic rings. The number of hydrogen-bond donors (Lipinski definition) is 1. The Bertz CT molecular complexity index is 552. The molecule has 0 aliphatic carbocycles. The van der Waals surface area contributed by atoms with Crippen LogP contribution in [-0.2, 0) is 11.3 Å². The van der Waals surface area contributed by atoms with Crippen LogP contribution < -0.4 is 5.32 Å². The first-order chi connectivity index (χ1) is 11.0. The molecule has 3 rings (SSSR count). The van der Waals surface area contributed by atoms with Gasteiger partial charge in [0, 0.05) is 31.6 Å². The van der Waals surface area contributed by atoms with Crippen LogP contribution in [0.15, 0.2) is 24.3 Å². The first-order valence-electron chi connectivity index (χ1n) is 8.42. The molecule has 4 nitrogen and oxygen atoms in total. The van der Waals surface area contributed by atoms with Crippen LogP contribution in [0, 0.1) is 5.82 Å². The van der Waals surface area contributed by atoms with Gasteiger partial charge in [0.05, 0.1) is 0 Å². The highest BCUT2D eigenvalue weighted by atomic mass is 19.1. The van der Waals surface area contributed by atoms with Gasteiger partial charge in [0.15, 0.2) is 0 Å². The zero-order valence-corrected chi connectivity index (χ0v) is 14.0. The van der Waals surface area contributed by atoms with Gasteiger partial charge in [-0.05, 0) is 57.1 Å². The lowest BCUT2D eigenvalue weighted by Crippen LogP contribution is -2.50. The average molecular weight is 319 g/mol. The Morgan fingerprint density at radius 2 is 1.96 bits per heavy atom. The summed E-state index contributed by atoms with van der Waals surface area (Å²) in [7, 11) is 2.16. The Morgan fingerprint density at radius 3 is 2.57 bits per heavy atom. The molecule has 1 spiro atoms. The number of benzene rings is 1. The second-order valence-corrected chi connectivity index (χ2v) is 7.14. The summed E-state index contributed by atoms with van der Waals surface area (Å²) in [5, 5.41) is 3.10. The van der Waals surface area contributed by atoms with Crippen molar-refractivity contribution in [2.24, 2.45) is 0 Å². The predicted octanol–water partition coefficient (Wildman–Crippen LogP) is 2.00. The third-order valence-corrected chi connectivity index (χ3v) is 5.35. The maximum Gasteiger partial charge on any atom is 0.217 e. The van der Waals surface area contributed by atoms with Crippen LogP contribution in [-0.4, -0.2) is 54.0 Å². The zero-order chi connectivity index (χ0) is 16.4. The van der Waals surface area contributed by atoms with Crippen LogP contribution in [0.1, 0.15) is 31.7 Å². The molecule has 0 unspecified atom stereocenters. The number of halogens is 1. The van der Waals surface area contributed by atoms with E-state index in [1.165, 1.54) is 12.1 Å². The molecule has 23 heavy (non-hydrogen) atoms. The second kappa shape index (κ2) is 6.57. The van der Waals surface area contributed by atoms with Crippen molar-refractivity contribution in [3.63, 3.8) is 0 Å². The van der Waals surface area contributed by atoms with Crippen molar-refractivity contribution in [2.45, 2.75) is 44.3 Å². The van der Waals surface area contributed by atoms with E-state index in [2.05, 4.69) is 22.2 Å². The molecular weight excluding hydrogens is 293 g/mol. The minimum Gasteiger partial charge on any atom is -0.352 e. The number of nitrogens with zero attached hydrogens (tertiary/aromatic N) is 2. The highest BCUT2D eigenvalue weighted by Gasteiger charge is 2.46. The maximum atomic E-state index is 13.1. The Hall–Kier alpha value is -1.46. The van der Waals surface area contributed by atoms with E-state index in [-0.39, 0.29) is 23.3 Å². The molecule has 0 aromatic heterocycles. The van der Waals surface area contributed by atoms with Gasteiger partial charge in [0.25, 0.3) is 0 Å². The lowest BCUT2D eigenvalue weighted by molar-refractivity contribution is -0.119. The molecule has 2 aliphatic heterocycles. The number of rotatable bonds is 3. The van der Waals surface area contributed by atoms with E-state index in [4.69, 9.17) is 0 Å². The minimum atomic E-state index is -0.194. The molecule has 1 atom stereocenters. The van der Waals surface area contributed by atoms with Crippen LogP contribution in [0.25, 0.3) is 0 Å². The molecule has 2 saturated heterocycles. The number of hydrogen-bond acceptors (Lipinski definition) is 3. The molecule has 2 aliphatic rings. The van der Waals surface area contributed by atoms with Crippen molar-refractivity contribution in [3.8, 4) is 0 Å². The molecule has 126 valence electrons. The van der Waals surface area contributed by atoms with Crippen LogP contribution in [0.5, 0.6) is 0 Å². The van der Waals surface area contributed by atoms with E-state index in [0.29, 0.717) is 0 Å². The SMILES string of the molecule is CC(=O)N[C@H]1CN(Cc2ccc(F)cc2)C2(CCN(C)CC2)C1. The summed E-state index contributed by atoms with van der Waals surface area (Å²) in [5.41, 5.74) is 1.29. The fraction of sp³-hybridized carbons (Fsp3) is 0.611. The predicted molar refractivity (Wildman–Crippen MR) is 88.5 cm³/mol. The molecule has 1 amide bonds. The third kappa shape index (κ3) is 3.72. The lowest BCUT2D eigenvalue weighted by atomic mass is 9.84. The largest absolute Gasteiger partial charge is 0.352 e. The summed E-state index contributed by atoms with van der Waals surface area (Å²) in [6, 6.07) is 7.00. The maximum absolute atomic E-state index is 13.1. The van der Waals surface area contributed by atoms with E-state index in [9.17, 15) is 9.18 Å². The van der Waals surface area contributed by atoms with Gasteiger partial charge in [0.1, 0.15) is 5.82 Å². The smallest absolute Gasteiger partial charge is 0.217 e. The van der Waals surface area contributed by atoms with Crippen LogP contribution >= 0.6 is 0 Å². The highest BCUT2D eigenvalue weighted by molar-refractivity contribution is 5.73. The molecule has 0 saturated carbocycles. The Morgan fingerprint density at radius 1 is 1.30 bits per heavy atom. The number of carbonyl (C=O) groups excluding carboxylic acids is 1. The molecule has 0 radical (unpaired) electrons. The summed E-state index contributed by atoms with van der Waals surface area (Å²) in [6.45, 7) is 5.46. The van der Waals surface area contributed by atoms with Crippen molar-refractivity contribution < 1.29 is 9.18 Å². The molecule has 2 fully saturated rings. The summed E-state index contributed by atoms with van der Waals surface area (Å²) in [4.78, 5) is 16.3. The van der Waals surface area contributed by atoms with Gasteiger partial charge in [0.2, 0.25) is 5.91 Å². The topological polar surface area (TPSA) is 35.6 Å². The van der Waals surface area contributed by atoms with Gasteiger partial charge in [-0.3, -0.25) is 9.69 Å². The van der Waals surface area contributed by atoms with Gasteiger partial charge >= 0.3 is 0 Å². The molecule has 2 heterocycles. The number of nitrogens with one attached hydrogen (secondary N) is 1. The lowest BCUT2D eigenvalue weighted by Gasteiger charge is -2.44. The average Bonchev–Trinajstić information content (AvgIpc) is 2.81. The summed E-state index contributed by atoms with van der Waals surface area (Å²) in [6.07, 6.45) is 3.27. The van der Waals surface area contributed by atoms with Crippen molar-refractivity contribution >= 4 is 5.91 Å². The van der Waals surface area contributed by atoms with Crippen LogP contribution in [0.2, 0.25) is 0 Å². The van der Waals surface area contributed by atoms with E-state index in [1.807, 2.05) is 12.1 Å². The normalized spacial score (nSPS) is 24.9. The fourth-order valence-electron chi connectivity index (χ4n) is 4.09. The number of amides is 1. The van der Waals surface area contributed by atoms with E-state index < -0.39 is 0 Å². The van der Waals surface area contributed by atoms with E-state index in [0.717, 1.165) is 51.0 Å². The quantitative estimate of drug-likeness (QED) is 0.926. The Kier molecular flexibility index (Phi) is 4.69. The van der Waals surface area contributed by atoms with Gasteiger partial charge < -0.3 is 10.2 Å². The van der Waals surface area contributed by atoms with Crippen molar-refractivity contribution in [3.05, 3.63) is 35.6 Å². The van der Waals surface area contributed by atoms with Crippen LogP contribution in [0.4, 0.5) is 4.39 Å². The Balaban J connectivity index is 1.76. The first-order valence-corrected chi connectivity index (χ1v) is 8.42. The third-order valence-electron chi connectivity index (χ3n) is 5.35.